The Labute approximate surface area is 137 Å². The van der Waals surface area contributed by atoms with E-state index in [9.17, 15) is 8.42 Å². The minimum absolute atomic E-state index is 0.267. The summed E-state index contributed by atoms with van der Waals surface area (Å²) in [6, 6.07) is 9.07. The van der Waals surface area contributed by atoms with Crippen LogP contribution < -0.4 is 4.74 Å². The molecular weight excluding hydrogens is 374 g/mol. The number of nitrogens with zero attached hydrogens (tertiary/aromatic N) is 1. The van der Waals surface area contributed by atoms with E-state index in [0.29, 0.717) is 9.96 Å². The lowest BCUT2D eigenvalue weighted by molar-refractivity contribution is 0.398. The highest BCUT2D eigenvalue weighted by Gasteiger charge is 2.23. The van der Waals surface area contributed by atoms with Gasteiger partial charge in [0.25, 0.3) is 10.0 Å². The average molecular weight is 390 g/mol. The number of sulfonamides is 1. The molecule has 0 aliphatic carbocycles. The molecule has 0 atom stereocenters. The van der Waals surface area contributed by atoms with E-state index in [1.165, 1.54) is 15.6 Å². The molecule has 2 rings (SSSR count). The minimum atomic E-state index is -3.49. The molecule has 0 bridgehead atoms. The van der Waals surface area contributed by atoms with Crippen molar-refractivity contribution in [1.82, 2.24) is 4.31 Å². The molecule has 7 heteroatoms. The first-order chi connectivity index (χ1) is 9.84. The molecule has 114 valence electrons. The van der Waals surface area contributed by atoms with Crippen LogP contribution in [0, 0.1) is 6.92 Å². The van der Waals surface area contributed by atoms with Crippen molar-refractivity contribution in [3.05, 3.63) is 45.2 Å². The second kappa shape index (κ2) is 6.48. The number of hydrogen-bond acceptors (Lipinski definition) is 4. The first-order valence-corrected chi connectivity index (χ1v) is 9.24. The molecule has 0 aliphatic rings. The monoisotopic (exact) mass is 389 g/mol. The Morgan fingerprint density at radius 1 is 1.29 bits per heavy atom. The summed E-state index contributed by atoms with van der Waals surface area (Å²) in [6.07, 6.45) is 0. The van der Waals surface area contributed by atoms with Gasteiger partial charge in [-0.3, -0.25) is 0 Å². The van der Waals surface area contributed by atoms with Gasteiger partial charge >= 0.3 is 0 Å². The van der Waals surface area contributed by atoms with Crippen LogP contribution in [0.3, 0.4) is 0 Å². The number of halogens is 1. The highest BCUT2D eigenvalue weighted by molar-refractivity contribution is 9.11. The molecule has 21 heavy (non-hydrogen) atoms. The van der Waals surface area contributed by atoms with E-state index in [2.05, 4.69) is 15.9 Å². The molecule has 1 aromatic carbocycles. The van der Waals surface area contributed by atoms with Crippen molar-refractivity contribution in [3.8, 4) is 5.75 Å². The van der Waals surface area contributed by atoms with Crippen LogP contribution in [0.2, 0.25) is 0 Å². The van der Waals surface area contributed by atoms with Gasteiger partial charge in [-0.05, 0) is 41.1 Å². The number of ether oxygens (including phenoxy) is 1. The van der Waals surface area contributed by atoms with E-state index in [0.717, 1.165) is 14.9 Å². The lowest BCUT2D eigenvalue weighted by atomic mass is 10.1. The second-order valence-corrected chi connectivity index (χ2v) is 9.37. The third-order valence-corrected chi connectivity index (χ3v) is 6.94. The van der Waals surface area contributed by atoms with Gasteiger partial charge in [0.05, 0.1) is 10.9 Å². The summed E-state index contributed by atoms with van der Waals surface area (Å²) < 4.78 is 32.8. The number of rotatable bonds is 5. The van der Waals surface area contributed by atoms with Crippen molar-refractivity contribution in [2.75, 3.05) is 14.2 Å². The summed E-state index contributed by atoms with van der Waals surface area (Å²) in [5, 5.41) is 0. The number of aryl methyl sites for hydroxylation is 1. The van der Waals surface area contributed by atoms with Gasteiger partial charge in [0.1, 0.15) is 9.96 Å². The fourth-order valence-electron chi connectivity index (χ4n) is 1.95. The van der Waals surface area contributed by atoms with Gasteiger partial charge in [-0.25, -0.2) is 8.42 Å². The van der Waals surface area contributed by atoms with Crippen molar-refractivity contribution < 1.29 is 13.2 Å². The number of thiophene rings is 1. The van der Waals surface area contributed by atoms with Gasteiger partial charge in [-0.1, -0.05) is 17.7 Å². The average Bonchev–Trinajstić information content (AvgIpc) is 2.86. The van der Waals surface area contributed by atoms with E-state index in [1.54, 1.807) is 26.3 Å². The van der Waals surface area contributed by atoms with E-state index in [-0.39, 0.29) is 6.54 Å². The Balaban J connectivity index is 2.29. The van der Waals surface area contributed by atoms with Crippen molar-refractivity contribution in [3.63, 3.8) is 0 Å². The molecule has 0 unspecified atom stereocenters. The predicted octanol–water partition coefficient (Wildman–Crippen LogP) is 3.65. The second-order valence-electron chi connectivity index (χ2n) is 4.63. The van der Waals surface area contributed by atoms with Crippen LogP contribution in [0.4, 0.5) is 0 Å². The third-order valence-electron chi connectivity index (χ3n) is 3.04. The van der Waals surface area contributed by atoms with Gasteiger partial charge in [-0.2, -0.15) is 4.31 Å². The first-order valence-electron chi connectivity index (χ1n) is 6.20. The fraction of sp³-hybridized carbons (Fsp3) is 0.286. The summed E-state index contributed by atoms with van der Waals surface area (Å²) in [6.45, 7) is 2.23. The van der Waals surface area contributed by atoms with E-state index in [1.807, 2.05) is 25.1 Å². The zero-order chi connectivity index (χ0) is 15.6. The SMILES string of the molecule is COc1ccc(C)cc1CN(C)S(=O)(=O)c1ccc(Br)s1. The Bertz CT molecular complexity index is 740. The quantitative estimate of drug-likeness (QED) is 0.783. The molecule has 0 aliphatic heterocycles. The van der Waals surface area contributed by atoms with Crippen molar-refractivity contribution in [1.29, 1.82) is 0 Å². The Morgan fingerprint density at radius 3 is 2.57 bits per heavy atom. The molecule has 1 heterocycles. The highest BCUT2D eigenvalue weighted by atomic mass is 79.9. The van der Waals surface area contributed by atoms with Gasteiger partial charge in [0.15, 0.2) is 0 Å². The molecule has 0 saturated carbocycles. The molecule has 0 N–H and O–H groups in total. The van der Waals surface area contributed by atoms with Crippen LogP contribution in [-0.4, -0.2) is 26.9 Å². The third kappa shape index (κ3) is 3.66. The maximum Gasteiger partial charge on any atom is 0.252 e. The topological polar surface area (TPSA) is 46.6 Å². The van der Waals surface area contributed by atoms with E-state index < -0.39 is 10.0 Å². The minimum Gasteiger partial charge on any atom is -0.496 e. The zero-order valence-corrected chi connectivity index (χ0v) is 15.2. The van der Waals surface area contributed by atoms with Gasteiger partial charge in [0.2, 0.25) is 0 Å². The molecule has 2 aromatic rings. The molecule has 0 fully saturated rings. The summed E-state index contributed by atoms with van der Waals surface area (Å²) in [5.74, 6) is 0.690. The molecular formula is C14H16BrNO3S2. The molecule has 0 spiro atoms. The summed E-state index contributed by atoms with van der Waals surface area (Å²) >= 11 is 4.49. The van der Waals surface area contributed by atoms with Gasteiger partial charge < -0.3 is 4.74 Å². The van der Waals surface area contributed by atoms with Crippen LogP contribution in [0.25, 0.3) is 0 Å². The van der Waals surface area contributed by atoms with Crippen LogP contribution in [-0.2, 0) is 16.6 Å². The van der Waals surface area contributed by atoms with Crippen LogP contribution >= 0.6 is 27.3 Å². The Kier molecular flexibility index (Phi) is 5.08. The maximum atomic E-state index is 12.5. The Hall–Kier alpha value is -0.890. The van der Waals surface area contributed by atoms with Crippen molar-refractivity contribution in [2.45, 2.75) is 17.7 Å². The number of benzene rings is 1. The molecule has 1 aromatic heterocycles. The highest BCUT2D eigenvalue weighted by Crippen LogP contribution is 2.29. The summed E-state index contributed by atoms with van der Waals surface area (Å²) in [4.78, 5) is 0. The smallest absolute Gasteiger partial charge is 0.252 e. The molecule has 0 saturated heterocycles. The van der Waals surface area contributed by atoms with Crippen LogP contribution in [0.1, 0.15) is 11.1 Å². The lowest BCUT2D eigenvalue weighted by Gasteiger charge is -2.18. The predicted molar refractivity (Wildman–Crippen MR) is 88.4 cm³/mol. The lowest BCUT2D eigenvalue weighted by Crippen LogP contribution is -2.26. The van der Waals surface area contributed by atoms with E-state index in [4.69, 9.17) is 4.74 Å². The normalized spacial score (nSPS) is 11.9. The van der Waals surface area contributed by atoms with Crippen LogP contribution in [0.5, 0.6) is 5.75 Å². The zero-order valence-electron chi connectivity index (χ0n) is 12.0. The first kappa shape index (κ1) is 16.5. The van der Waals surface area contributed by atoms with Gasteiger partial charge in [-0.15, -0.1) is 11.3 Å². The van der Waals surface area contributed by atoms with Crippen molar-refractivity contribution in [2.24, 2.45) is 0 Å². The maximum absolute atomic E-state index is 12.5. The van der Waals surface area contributed by atoms with Crippen molar-refractivity contribution >= 4 is 37.3 Å². The largest absolute Gasteiger partial charge is 0.496 e. The Morgan fingerprint density at radius 2 is 2.00 bits per heavy atom. The molecule has 0 radical (unpaired) electrons. The molecule has 4 nitrogen and oxygen atoms in total. The standard InChI is InChI=1S/C14H16BrNO3S2/c1-10-4-5-12(19-3)11(8-10)9-16(2)21(17,18)14-7-6-13(15)20-14/h4-8H,9H2,1-3H3. The number of hydrogen-bond donors (Lipinski definition) is 0. The van der Waals surface area contributed by atoms with Gasteiger partial charge in [0, 0.05) is 19.2 Å². The molecule has 0 amide bonds. The number of methoxy groups -OCH3 is 1. The fourth-order valence-corrected chi connectivity index (χ4v) is 5.32. The summed E-state index contributed by atoms with van der Waals surface area (Å²) in [7, 11) is -0.331. The van der Waals surface area contributed by atoms with E-state index >= 15 is 0 Å². The summed E-state index contributed by atoms with van der Waals surface area (Å²) in [5.41, 5.74) is 1.91. The van der Waals surface area contributed by atoms with Crippen LogP contribution in [0.15, 0.2) is 38.3 Å².